The van der Waals surface area contributed by atoms with Crippen LogP contribution in [0.25, 0.3) is 0 Å². The van der Waals surface area contributed by atoms with E-state index in [1.165, 1.54) is 0 Å². The Hall–Kier alpha value is -0.770. The fraction of sp³-hybridized carbons (Fsp3) is 0.538. The zero-order chi connectivity index (χ0) is 13.1. The van der Waals surface area contributed by atoms with Crippen molar-refractivity contribution < 1.29 is 4.74 Å². The number of hydrogen-bond acceptors (Lipinski definition) is 3. The van der Waals surface area contributed by atoms with Crippen LogP contribution in [0.5, 0.6) is 5.75 Å². The fourth-order valence-corrected chi connectivity index (χ4v) is 1.80. The summed E-state index contributed by atoms with van der Waals surface area (Å²) >= 11 is 6.13. The van der Waals surface area contributed by atoms with Crippen molar-refractivity contribution in [3.8, 4) is 5.75 Å². The van der Waals surface area contributed by atoms with Gasteiger partial charge in [-0.25, -0.2) is 0 Å². The molecule has 0 bridgehead atoms. The second-order valence-corrected chi connectivity index (χ2v) is 5.20. The zero-order valence-electron chi connectivity index (χ0n) is 10.7. The Balaban J connectivity index is 2.97. The van der Waals surface area contributed by atoms with Crippen molar-refractivity contribution in [1.29, 1.82) is 0 Å². The largest absolute Gasteiger partial charge is 0.492 e. The van der Waals surface area contributed by atoms with Gasteiger partial charge in [0.05, 0.1) is 11.6 Å². The number of benzene rings is 1. The SMILES string of the molecule is CCOc1ccc(C(N)C(C)(C)CN)cc1Cl. The second-order valence-electron chi connectivity index (χ2n) is 4.79. The van der Waals surface area contributed by atoms with Gasteiger partial charge in [0.1, 0.15) is 5.75 Å². The van der Waals surface area contributed by atoms with Crippen LogP contribution in [0.2, 0.25) is 5.02 Å². The second kappa shape index (κ2) is 5.71. The van der Waals surface area contributed by atoms with Crippen LogP contribution >= 0.6 is 11.6 Å². The first-order valence-electron chi connectivity index (χ1n) is 5.80. The monoisotopic (exact) mass is 256 g/mol. The highest BCUT2D eigenvalue weighted by Crippen LogP contribution is 2.34. The van der Waals surface area contributed by atoms with E-state index in [0.29, 0.717) is 23.9 Å². The van der Waals surface area contributed by atoms with Crippen molar-refractivity contribution in [3.63, 3.8) is 0 Å². The lowest BCUT2D eigenvalue weighted by atomic mass is 9.81. The van der Waals surface area contributed by atoms with Crippen molar-refractivity contribution in [3.05, 3.63) is 28.8 Å². The Bertz CT molecular complexity index is 380. The van der Waals surface area contributed by atoms with Crippen molar-refractivity contribution >= 4 is 11.6 Å². The highest BCUT2D eigenvalue weighted by molar-refractivity contribution is 6.32. The molecule has 0 aliphatic rings. The van der Waals surface area contributed by atoms with Crippen molar-refractivity contribution in [2.24, 2.45) is 16.9 Å². The van der Waals surface area contributed by atoms with Gasteiger partial charge >= 0.3 is 0 Å². The van der Waals surface area contributed by atoms with E-state index < -0.39 is 0 Å². The molecule has 0 aliphatic carbocycles. The first-order valence-corrected chi connectivity index (χ1v) is 6.18. The molecule has 0 fully saturated rings. The van der Waals surface area contributed by atoms with Crippen LogP contribution in [0.4, 0.5) is 0 Å². The van der Waals surface area contributed by atoms with E-state index in [1.807, 2.05) is 39.0 Å². The Kier molecular flexibility index (Phi) is 4.80. The van der Waals surface area contributed by atoms with Crippen LogP contribution in [0.3, 0.4) is 0 Å². The molecule has 0 saturated heterocycles. The van der Waals surface area contributed by atoms with Crippen LogP contribution in [0.1, 0.15) is 32.4 Å². The normalized spacial score (nSPS) is 13.5. The van der Waals surface area contributed by atoms with Gasteiger partial charge in [0, 0.05) is 6.04 Å². The van der Waals surface area contributed by atoms with E-state index >= 15 is 0 Å². The van der Waals surface area contributed by atoms with Gasteiger partial charge in [-0.15, -0.1) is 0 Å². The molecule has 4 N–H and O–H groups in total. The summed E-state index contributed by atoms with van der Waals surface area (Å²) in [5.74, 6) is 0.690. The minimum Gasteiger partial charge on any atom is -0.492 e. The van der Waals surface area contributed by atoms with Crippen molar-refractivity contribution in [2.75, 3.05) is 13.2 Å². The molecule has 0 heterocycles. The number of nitrogens with two attached hydrogens (primary N) is 2. The topological polar surface area (TPSA) is 61.3 Å². The van der Waals surface area contributed by atoms with Gasteiger partial charge in [0.15, 0.2) is 0 Å². The number of halogens is 1. The Morgan fingerprint density at radius 1 is 1.41 bits per heavy atom. The van der Waals surface area contributed by atoms with Gasteiger partial charge in [-0.3, -0.25) is 0 Å². The van der Waals surface area contributed by atoms with Gasteiger partial charge in [-0.05, 0) is 36.6 Å². The summed E-state index contributed by atoms with van der Waals surface area (Å²) in [6.45, 7) is 7.13. The number of hydrogen-bond donors (Lipinski definition) is 2. The zero-order valence-corrected chi connectivity index (χ0v) is 11.4. The third-order valence-electron chi connectivity index (χ3n) is 2.98. The molecule has 1 aromatic rings. The van der Waals surface area contributed by atoms with Crippen LogP contribution < -0.4 is 16.2 Å². The highest BCUT2D eigenvalue weighted by atomic mass is 35.5. The predicted octanol–water partition coefficient (Wildman–Crippen LogP) is 2.72. The van der Waals surface area contributed by atoms with Crippen LogP contribution in [0, 0.1) is 5.41 Å². The maximum atomic E-state index is 6.20. The summed E-state index contributed by atoms with van der Waals surface area (Å²) < 4.78 is 5.39. The summed E-state index contributed by atoms with van der Waals surface area (Å²) in [6, 6.07) is 5.52. The average Bonchev–Trinajstić information content (AvgIpc) is 2.31. The number of ether oxygens (including phenoxy) is 1. The van der Waals surface area contributed by atoms with Crippen LogP contribution in [0.15, 0.2) is 18.2 Å². The summed E-state index contributed by atoms with van der Waals surface area (Å²) in [5.41, 5.74) is 12.7. The van der Waals surface area contributed by atoms with E-state index in [2.05, 4.69) is 0 Å². The highest BCUT2D eigenvalue weighted by Gasteiger charge is 2.26. The molecule has 1 unspecified atom stereocenters. The van der Waals surface area contributed by atoms with Gasteiger partial charge in [0.25, 0.3) is 0 Å². The summed E-state index contributed by atoms with van der Waals surface area (Å²) in [4.78, 5) is 0. The summed E-state index contributed by atoms with van der Waals surface area (Å²) in [7, 11) is 0. The van der Waals surface area contributed by atoms with E-state index in [-0.39, 0.29) is 11.5 Å². The minimum absolute atomic E-state index is 0.138. The average molecular weight is 257 g/mol. The number of rotatable bonds is 5. The van der Waals surface area contributed by atoms with E-state index in [0.717, 1.165) is 5.56 Å². The molecule has 96 valence electrons. The van der Waals surface area contributed by atoms with Crippen LogP contribution in [-0.4, -0.2) is 13.2 Å². The standard InChI is InChI=1S/C13H21ClN2O/c1-4-17-11-6-5-9(7-10(11)14)12(16)13(2,3)8-15/h5-7,12H,4,8,15-16H2,1-3H3. The third-order valence-corrected chi connectivity index (χ3v) is 3.28. The summed E-state index contributed by atoms with van der Waals surface area (Å²) in [6.07, 6.45) is 0. The first-order chi connectivity index (χ1) is 7.92. The van der Waals surface area contributed by atoms with Gasteiger partial charge < -0.3 is 16.2 Å². The molecule has 1 atom stereocenters. The Morgan fingerprint density at radius 3 is 2.53 bits per heavy atom. The van der Waals surface area contributed by atoms with E-state index in [9.17, 15) is 0 Å². The molecule has 17 heavy (non-hydrogen) atoms. The molecule has 1 aromatic carbocycles. The minimum atomic E-state index is -0.156. The quantitative estimate of drug-likeness (QED) is 0.852. The molecule has 3 nitrogen and oxygen atoms in total. The maximum Gasteiger partial charge on any atom is 0.137 e. The van der Waals surface area contributed by atoms with Gasteiger partial charge in [-0.2, -0.15) is 0 Å². The molecular formula is C13H21ClN2O. The molecule has 0 spiro atoms. The molecule has 0 aromatic heterocycles. The Labute approximate surface area is 108 Å². The first kappa shape index (κ1) is 14.3. The Morgan fingerprint density at radius 2 is 2.06 bits per heavy atom. The smallest absolute Gasteiger partial charge is 0.137 e. The van der Waals surface area contributed by atoms with Crippen LogP contribution in [-0.2, 0) is 0 Å². The molecular weight excluding hydrogens is 236 g/mol. The molecule has 0 radical (unpaired) electrons. The molecule has 0 amide bonds. The molecule has 4 heteroatoms. The van der Waals surface area contributed by atoms with Gasteiger partial charge in [0.2, 0.25) is 0 Å². The predicted molar refractivity (Wildman–Crippen MR) is 72.4 cm³/mol. The molecule has 0 saturated carbocycles. The molecule has 1 rings (SSSR count). The van der Waals surface area contributed by atoms with E-state index in [4.69, 9.17) is 27.8 Å². The van der Waals surface area contributed by atoms with Crippen molar-refractivity contribution in [2.45, 2.75) is 26.8 Å². The maximum absolute atomic E-state index is 6.20. The lowest BCUT2D eigenvalue weighted by molar-refractivity contribution is 0.300. The lowest BCUT2D eigenvalue weighted by Gasteiger charge is -2.30. The fourth-order valence-electron chi connectivity index (χ4n) is 1.56. The van der Waals surface area contributed by atoms with Crippen molar-refractivity contribution in [1.82, 2.24) is 0 Å². The lowest BCUT2D eigenvalue weighted by Crippen LogP contribution is -2.35. The molecule has 0 aliphatic heterocycles. The van der Waals surface area contributed by atoms with Gasteiger partial charge in [-0.1, -0.05) is 31.5 Å². The third kappa shape index (κ3) is 3.35. The summed E-state index contributed by atoms with van der Waals surface area (Å²) in [5, 5.41) is 0.590. The van der Waals surface area contributed by atoms with E-state index in [1.54, 1.807) is 0 Å².